The van der Waals surface area contributed by atoms with E-state index in [1.165, 1.54) is 6.20 Å². The molecule has 1 amide bonds. The molecule has 2 aliphatic heterocycles. The molecule has 166 valence electrons. The number of amides is 1. The summed E-state index contributed by atoms with van der Waals surface area (Å²) in [5, 5.41) is 12.4. The van der Waals surface area contributed by atoms with E-state index < -0.39 is 33.7 Å². The smallest absolute Gasteiger partial charge is 0.257 e. The van der Waals surface area contributed by atoms with Gasteiger partial charge in [-0.05, 0) is 19.0 Å². The predicted molar refractivity (Wildman–Crippen MR) is 109 cm³/mol. The van der Waals surface area contributed by atoms with E-state index in [1.54, 1.807) is 4.57 Å². The number of nitrogens with zero attached hydrogens (tertiary/aromatic N) is 2. The Bertz CT molecular complexity index is 1090. The van der Waals surface area contributed by atoms with Crippen molar-refractivity contribution in [2.75, 3.05) is 19.8 Å². The summed E-state index contributed by atoms with van der Waals surface area (Å²) in [6.07, 6.45) is 2.23. The van der Waals surface area contributed by atoms with Crippen molar-refractivity contribution in [2.45, 2.75) is 38.5 Å². The number of rotatable bonds is 4. The number of hydrogen-bond donors (Lipinski definition) is 2. The molecule has 2 aliphatic rings. The predicted octanol–water partition coefficient (Wildman–Crippen LogP) is 2.58. The lowest BCUT2D eigenvalue weighted by Crippen LogP contribution is -2.51. The van der Waals surface area contributed by atoms with Crippen LogP contribution in [-0.2, 0) is 17.8 Å². The largest absolute Gasteiger partial charge is 0.503 e. The molecule has 0 spiro atoms. The second-order valence-corrected chi connectivity index (χ2v) is 8.03. The van der Waals surface area contributed by atoms with Gasteiger partial charge in [0.2, 0.25) is 5.43 Å². The molecule has 0 saturated carbocycles. The van der Waals surface area contributed by atoms with Gasteiger partial charge in [-0.25, -0.2) is 8.78 Å². The molecule has 0 radical (unpaired) electrons. The van der Waals surface area contributed by atoms with Gasteiger partial charge in [0.05, 0.1) is 18.3 Å². The number of hydrogen-bond acceptors (Lipinski definition) is 5. The molecule has 2 aromatic rings. The minimum Gasteiger partial charge on any atom is -0.503 e. The Morgan fingerprint density at radius 3 is 2.87 bits per heavy atom. The monoisotopic (exact) mass is 453 g/mol. The van der Waals surface area contributed by atoms with E-state index in [9.17, 15) is 23.5 Å². The quantitative estimate of drug-likeness (QED) is 0.695. The van der Waals surface area contributed by atoms with Gasteiger partial charge >= 0.3 is 0 Å². The lowest BCUT2D eigenvalue weighted by molar-refractivity contribution is -0.0250. The van der Waals surface area contributed by atoms with Gasteiger partial charge in [-0.2, -0.15) is 0 Å². The summed E-state index contributed by atoms with van der Waals surface area (Å²) in [7, 11) is 0. The molecule has 3 heterocycles. The van der Waals surface area contributed by atoms with Gasteiger partial charge in [-0.1, -0.05) is 24.6 Å². The van der Waals surface area contributed by atoms with E-state index >= 15 is 0 Å². The number of carbonyl (C=O) groups excluding carboxylic acids is 1. The van der Waals surface area contributed by atoms with Crippen LogP contribution in [0, 0.1) is 11.6 Å². The topological polar surface area (TPSA) is 83.8 Å². The van der Waals surface area contributed by atoms with Crippen molar-refractivity contribution in [3.63, 3.8) is 0 Å². The number of likely N-dealkylation sites (N-methyl/N-ethyl adjacent to an activating group) is 1. The van der Waals surface area contributed by atoms with E-state index in [0.717, 1.165) is 25.1 Å². The minimum absolute atomic E-state index is 0.0265. The maximum Gasteiger partial charge on any atom is 0.257 e. The third kappa shape index (κ3) is 3.81. The van der Waals surface area contributed by atoms with Crippen LogP contribution >= 0.6 is 11.6 Å². The molecule has 0 unspecified atom stereocenters. The fourth-order valence-electron chi connectivity index (χ4n) is 4.30. The molecule has 0 aliphatic carbocycles. The molecule has 1 aromatic carbocycles. The summed E-state index contributed by atoms with van der Waals surface area (Å²) in [4.78, 5) is 27.6. The summed E-state index contributed by atoms with van der Waals surface area (Å²) in [5.74, 6) is -3.14. The van der Waals surface area contributed by atoms with E-state index in [1.807, 2.05) is 6.92 Å². The van der Waals surface area contributed by atoms with Crippen LogP contribution in [0.2, 0.25) is 5.02 Å². The summed E-state index contributed by atoms with van der Waals surface area (Å²) in [5.41, 5.74) is -0.649. The van der Waals surface area contributed by atoms with Gasteiger partial charge in [0.25, 0.3) is 5.91 Å². The first kappa shape index (κ1) is 21.7. The molecule has 1 fully saturated rings. The fraction of sp³-hybridized carbons (Fsp3) is 0.429. The molecule has 7 nitrogen and oxygen atoms in total. The summed E-state index contributed by atoms with van der Waals surface area (Å²) < 4.78 is 34.8. The maximum atomic E-state index is 14.1. The molecule has 10 heteroatoms. The first-order chi connectivity index (χ1) is 14.8. The molecular weight excluding hydrogens is 432 g/mol. The average molecular weight is 454 g/mol. The molecule has 31 heavy (non-hydrogen) atoms. The van der Waals surface area contributed by atoms with Crippen LogP contribution in [0.4, 0.5) is 8.78 Å². The number of aromatic nitrogens is 1. The third-order valence-electron chi connectivity index (χ3n) is 5.99. The van der Waals surface area contributed by atoms with Crippen molar-refractivity contribution in [1.29, 1.82) is 0 Å². The molecule has 2 atom stereocenters. The normalized spacial score (nSPS) is 20.8. The Labute approximate surface area is 182 Å². The van der Waals surface area contributed by atoms with E-state index in [0.29, 0.717) is 25.5 Å². The van der Waals surface area contributed by atoms with Gasteiger partial charge in [-0.3, -0.25) is 14.5 Å². The van der Waals surface area contributed by atoms with Gasteiger partial charge in [0, 0.05) is 37.5 Å². The first-order valence-electron chi connectivity index (χ1n) is 10.0. The summed E-state index contributed by atoms with van der Waals surface area (Å²) in [6, 6.07) is 2.18. The zero-order chi connectivity index (χ0) is 22.3. The molecule has 4 rings (SSSR count). The van der Waals surface area contributed by atoms with Crippen LogP contribution in [0.5, 0.6) is 5.75 Å². The van der Waals surface area contributed by atoms with Crippen molar-refractivity contribution in [2.24, 2.45) is 0 Å². The number of ether oxygens (including phenoxy) is 1. The van der Waals surface area contributed by atoms with Gasteiger partial charge in [0.15, 0.2) is 5.75 Å². The molecule has 1 saturated heterocycles. The SMILES string of the molecule is CCN1Cc2c(O)c(=O)c(C(=O)NCc3ccc(F)c(Cl)c3F)cn2[C@H]2COCC[C@H]21. The van der Waals surface area contributed by atoms with Crippen LogP contribution in [0.3, 0.4) is 0 Å². The Balaban J connectivity index is 1.64. The maximum absolute atomic E-state index is 14.1. The van der Waals surface area contributed by atoms with Crippen LogP contribution in [0.25, 0.3) is 0 Å². The van der Waals surface area contributed by atoms with E-state index in [4.69, 9.17) is 16.3 Å². The third-order valence-corrected chi connectivity index (χ3v) is 6.33. The zero-order valence-corrected chi connectivity index (χ0v) is 17.6. The number of pyridine rings is 1. The van der Waals surface area contributed by atoms with Crippen LogP contribution in [-0.4, -0.2) is 46.3 Å². The number of nitrogens with one attached hydrogen (secondary N) is 1. The fourth-order valence-corrected chi connectivity index (χ4v) is 4.49. The molecule has 1 aromatic heterocycles. The second kappa shape index (κ2) is 8.57. The molecule has 0 bridgehead atoms. The van der Waals surface area contributed by atoms with Crippen LogP contribution < -0.4 is 10.7 Å². The first-order valence-corrected chi connectivity index (χ1v) is 10.4. The van der Waals surface area contributed by atoms with Crippen LogP contribution in [0.1, 0.15) is 41.0 Å². The number of halogens is 3. The van der Waals surface area contributed by atoms with E-state index in [-0.39, 0.29) is 29.8 Å². The van der Waals surface area contributed by atoms with Crippen molar-refractivity contribution >= 4 is 17.5 Å². The summed E-state index contributed by atoms with van der Waals surface area (Å²) in [6.45, 7) is 3.88. The minimum atomic E-state index is -0.978. The number of aromatic hydroxyl groups is 1. The highest BCUT2D eigenvalue weighted by Crippen LogP contribution is 2.34. The number of fused-ring (bicyclic) bond motifs is 3. The van der Waals surface area contributed by atoms with Gasteiger partial charge in [0.1, 0.15) is 22.2 Å². The van der Waals surface area contributed by atoms with Crippen LogP contribution in [0.15, 0.2) is 23.1 Å². The highest BCUT2D eigenvalue weighted by atomic mass is 35.5. The second-order valence-electron chi connectivity index (χ2n) is 7.65. The Hall–Kier alpha value is -2.49. The lowest BCUT2D eigenvalue weighted by atomic mass is 9.96. The number of benzene rings is 1. The van der Waals surface area contributed by atoms with Crippen molar-refractivity contribution in [3.05, 3.63) is 62.0 Å². The van der Waals surface area contributed by atoms with Crippen molar-refractivity contribution in [1.82, 2.24) is 14.8 Å². The summed E-state index contributed by atoms with van der Waals surface area (Å²) >= 11 is 5.56. The Kier molecular flexibility index (Phi) is 6.00. The molecule has 2 N–H and O–H groups in total. The molecular formula is C21H22ClF2N3O4. The van der Waals surface area contributed by atoms with Crippen molar-refractivity contribution in [3.8, 4) is 5.75 Å². The zero-order valence-electron chi connectivity index (χ0n) is 16.8. The Morgan fingerprint density at radius 1 is 1.35 bits per heavy atom. The van der Waals surface area contributed by atoms with Gasteiger partial charge in [-0.15, -0.1) is 0 Å². The average Bonchev–Trinajstić information content (AvgIpc) is 2.78. The number of carbonyl (C=O) groups is 1. The lowest BCUT2D eigenvalue weighted by Gasteiger charge is -2.45. The Morgan fingerprint density at radius 2 is 2.13 bits per heavy atom. The van der Waals surface area contributed by atoms with E-state index in [2.05, 4.69) is 10.2 Å². The van der Waals surface area contributed by atoms with Crippen molar-refractivity contribution < 1.29 is 23.4 Å². The highest BCUT2D eigenvalue weighted by molar-refractivity contribution is 6.30. The van der Waals surface area contributed by atoms with Gasteiger partial charge < -0.3 is 19.7 Å². The standard InChI is InChI=1S/C21H22ClF2N3O4/c1-2-26-9-15-20(29)19(28)12(8-27(15)16-10-31-6-5-14(16)26)21(30)25-7-11-3-4-13(23)17(22)18(11)24/h3-4,8,14,16,29H,2,5-7,9-10H2,1H3,(H,25,30)/t14-,16+/m1/s1. The highest BCUT2D eigenvalue weighted by Gasteiger charge is 2.38.